The van der Waals surface area contributed by atoms with E-state index >= 15 is 0 Å². The Kier molecular flexibility index (Phi) is 4.77. The summed E-state index contributed by atoms with van der Waals surface area (Å²) in [5.41, 5.74) is 9.03. The standard InChI is InChI=1S/C15H22N2OS/c1-11-9-13(3-4-14(11)15(16)19)17(2)10-12-5-7-18-8-6-12/h3-4,9,12H,5-8,10H2,1-2H3,(H2,16,19). The van der Waals surface area contributed by atoms with Gasteiger partial charge in [-0.3, -0.25) is 0 Å². The van der Waals surface area contributed by atoms with E-state index in [1.54, 1.807) is 0 Å². The first-order valence-corrected chi connectivity index (χ1v) is 7.18. The van der Waals surface area contributed by atoms with E-state index in [0.717, 1.165) is 49.6 Å². The van der Waals surface area contributed by atoms with Gasteiger partial charge in [-0.25, -0.2) is 0 Å². The van der Waals surface area contributed by atoms with Gasteiger partial charge in [0.2, 0.25) is 0 Å². The fraction of sp³-hybridized carbons (Fsp3) is 0.533. The molecule has 2 N–H and O–H groups in total. The number of nitrogens with zero attached hydrogens (tertiary/aromatic N) is 1. The normalized spacial score (nSPS) is 16.3. The van der Waals surface area contributed by atoms with Gasteiger partial charge in [0.15, 0.2) is 0 Å². The summed E-state index contributed by atoms with van der Waals surface area (Å²) in [5, 5.41) is 0. The van der Waals surface area contributed by atoms with E-state index in [9.17, 15) is 0 Å². The van der Waals surface area contributed by atoms with Crippen LogP contribution in [0.15, 0.2) is 18.2 Å². The van der Waals surface area contributed by atoms with Crippen molar-refractivity contribution in [3.05, 3.63) is 29.3 Å². The Morgan fingerprint density at radius 1 is 1.42 bits per heavy atom. The van der Waals surface area contributed by atoms with E-state index in [-0.39, 0.29) is 0 Å². The van der Waals surface area contributed by atoms with Crippen LogP contribution in [0.5, 0.6) is 0 Å². The van der Waals surface area contributed by atoms with E-state index < -0.39 is 0 Å². The topological polar surface area (TPSA) is 38.5 Å². The van der Waals surface area contributed by atoms with Gasteiger partial charge >= 0.3 is 0 Å². The number of thiocarbonyl (C=S) groups is 1. The number of nitrogens with two attached hydrogens (primary N) is 1. The largest absolute Gasteiger partial charge is 0.389 e. The Balaban J connectivity index is 2.04. The van der Waals surface area contributed by atoms with Crippen LogP contribution >= 0.6 is 12.2 Å². The predicted molar refractivity (Wildman–Crippen MR) is 83.9 cm³/mol. The molecule has 1 aromatic carbocycles. The molecule has 19 heavy (non-hydrogen) atoms. The number of hydrogen-bond donors (Lipinski definition) is 1. The highest BCUT2D eigenvalue weighted by Gasteiger charge is 2.16. The smallest absolute Gasteiger partial charge is 0.104 e. The third kappa shape index (κ3) is 3.67. The quantitative estimate of drug-likeness (QED) is 0.859. The Morgan fingerprint density at radius 2 is 2.11 bits per heavy atom. The lowest BCUT2D eigenvalue weighted by molar-refractivity contribution is 0.0685. The summed E-state index contributed by atoms with van der Waals surface area (Å²) in [6.07, 6.45) is 2.32. The maximum absolute atomic E-state index is 5.69. The Morgan fingerprint density at radius 3 is 2.68 bits per heavy atom. The lowest BCUT2D eigenvalue weighted by Crippen LogP contribution is -2.29. The lowest BCUT2D eigenvalue weighted by Gasteiger charge is -2.28. The van der Waals surface area contributed by atoms with Crippen molar-refractivity contribution < 1.29 is 4.74 Å². The van der Waals surface area contributed by atoms with Crippen LogP contribution in [0.4, 0.5) is 5.69 Å². The lowest BCUT2D eigenvalue weighted by atomic mass is 9.99. The maximum Gasteiger partial charge on any atom is 0.104 e. The molecule has 1 saturated heterocycles. The minimum absolute atomic E-state index is 0.469. The molecule has 104 valence electrons. The Hall–Kier alpha value is -1.13. The van der Waals surface area contributed by atoms with Crippen molar-refractivity contribution in [2.45, 2.75) is 19.8 Å². The molecular weight excluding hydrogens is 256 g/mol. The predicted octanol–water partition coefficient (Wildman–Crippen LogP) is 2.49. The Bertz CT molecular complexity index is 455. The van der Waals surface area contributed by atoms with Gasteiger partial charge in [0.05, 0.1) is 0 Å². The van der Waals surface area contributed by atoms with Crippen molar-refractivity contribution >= 4 is 22.9 Å². The molecule has 0 aliphatic carbocycles. The van der Waals surface area contributed by atoms with Gasteiger partial charge in [-0.05, 0) is 49.4 Å². The summed E-state index contributed by atoms with van der Waals surface area (Å²) in [7, 11) is 2.14. The van der Waals surface area contributed by atoms with Crippen LogP contribution in [0.1, 0.15) is 24.0 Å². The zero-order valence-corrected chi connectivity index (χ0v) is 12.5. The minimum atomic E-state index is 0.469. The van der Waals surface area contributed by atoms with Crippen LogP contribution in [0.3, 0.4) is 0 Å². The van der Waals surface area contributed by atoms with Gasteiger partial charge in [-0.2, -0.15) is 0 Å². The molecule has 3 nitrogen and oxygen atoms in total. The second-order valence-electron chi connectivity index (χ2n) is 5.30. The third-order valence-corrected chi connectivity index (χ3v) is 4.01. The molecule has 0 atom stereocenters. The van der Waals surface area contributed by atoms with Crippen molar-refractivity contribution in [2.24, 2.45) is 11.7 Å². The van der Waals surface area contributed by atoms with Gasteiger partial charge in [0.1, 0.15) is 4.99 Å². The highest BCUT2D eigenvalue weighted by molar-refractivity contribution is 7.80. The van der Waals surface area contributed by atoms with E-state index in [4.69, 9.17) is 22.7 Å². The first-order valence-electron chi connectivity index (χ1n) is 6.77. The van der Waals surface area contributed by atoms with Crippen LogP contribution in [-0.4, -0.2) is 31.8 Å². The van der Waals surface area contributed by atoms with Gasteiger partial charge < -0.3 is 15.4 Å². The van der Waals surface area contributed by atoms with Crippen molar-refractivity contribution in [1.82, 2.24) is 0 Å². The van der Waals surface area contributed by atoms with Crippen molar-refractivity contribution in [3.8, 4) is 0 Å². The van der Waals surface area contributed by atoms with Gasteiger partial charge in [-0.15, -0.1) is 0 Å². The molecule has 1 aliphatic rings. The maximum atomic E-state index is 5.69. The number of aryl methyl sites for hydroxylation is 1. The first kappa shape index (κ1) is 14.3. The number of rotatable bonds is 4. The van der Waals surface area contributed by atoms with Crippen LogP contribution < -0.4 is 10.6 Å². The van der Waals surface area contributed by atoms with Crippen molar-refractivity contribution in [3.63, 3.8) is 0 Å². The summed E-state index contributed by atoms with van der Waals surface area (Å²) in [6, 6.07) is 6.28. The average molecular weight is 278 g/mol. The molecule has 1 aromatic rings. The Labute approximate surface area is 120 Å². The van der Waals surface area contributed by atoms with Crippen LogP contribution in [0, 0.1) is 12.8 Å². The first-order chi connectivity index (χ1) is 9.08. The fourth-order valence-electron chi connectivity index (χ4n) is 2.58. The van der Waals surface area contributed by atoms with Crippen LogP contribution in [0.25, 0.3) is 0 Å². The van der Waals surface area contributed by atoms with Crippen LogP contribution in [0.2, 0.25) is 0 Å². The average Bonchev–Trinajstić information content (AvgIpc) is 2.39. The molecule has 0 radical (unpaired) electrons. The summed E-state index contributed by atoms with van der Waals surface area (Å²) in [6.45, 7) is 4.94. The van der Waals surface area contributed by atoms with E-state index in [2.05, 4.69) is 31.0 Å². The molecule has 1 aliphatic heterocycles. The number of anilines is 1. The highest BCUT2D eigenvalue weighted by Crippen LogP contribution is 2.22. The molecule has 0 bridgehead atoms. The molecule has 0 saturated carbocycles. The summed E-state index contributed by atoms with van der Waals surface area (Å²) in [5.74, 6) is 0.731. The zero-order chi connectivity index (χ0) is 13.8. The molecule has 1 heterocycles. The minimum Gasteiger partial charge on any atom is -0.389 e. The zero-order valence-electron chi connectivity index (χ0n) is 11.7. The molecule has 0 spiro atoms. The monoisotopic (exact) mass is 278 g/mol. The number of hydrogen-bond acceptors (Lipinski definition) is 3. The molecule has 0 amide bonds. The highest BCUT2D eigenvalue weighted by atomic mass is 32.1. The van der Waals surface area contributed by atoms with Gasteiger partial charge in [-0.1, -0.05) is 12.2 Å². The van der Waals surface area contributed by atoms with Crippen molar-refractivity contribution in [2.75, 3.05) is 31.7 Å². The second kappa shape index (κ2) is 6.35. The van der Waals surface area contributed by atoms with Crippen LogP contribution in [-0.2, 0) is 4.74 Å². The molecule has 0 unspecified atom stereocenters. The molecule has 0 aromatic heterocycles. The number of benzene rings is 1. The van der Waals surface area contributed by atoms with E-state index in [1.165, 1.54) is 5.69 Å². The second-order valence-corrected chi connectivity index (χ2v) is 5.74. The fourth-order valence-corrected chi connectivity index (χ4v) is 2.81. The molecule has 2 rings (SSSR count). The summed E-state index contributed by atoms with van der Waals surface area (Å²) in [4.78, 5) is 2.78. The molecule has 4 heteroatoms. The molecule has 1 fully saturated rings. The summed E-state index contributed by atoms with van der Waals surface area (Å²) >= 11 is 5.04. The number of ether oxygens (including phenoxy) is 1. The van der Waals surface area contributed by atoms with Gasteiger partial charge in [0, 0.05) is 38.1 Å². The van der Waals surface area contributed by atoms with E-state index in [1.807, 2.05) is 6.07 Å². The SMILES string of the molecule is Cc1cc(N(C)CC2CCOCC2)ccc1C(N)=S. The van der Waals surface area contributed by atoms with Crippen molar-refractivity contribution in [1.29, 1.82) is 0 Å². The molecular formula is C15H22N2OS. The third-order valence-electron chi connectivity index (χ3n) is 3.79. The van der Waals surface area contributed by atoms with E-state index in [0.29, 0.717) is 4.99 Å². The van der Waals surface area contributed by atoms with Gasteiger partial charge in [0.25, 0.3) is 0 Å². The summed E-state index contributed by atoms with van der Waals surface area (Å²) < 4.78 is 5.40.